The van der Waals surface area contributed by atoms with E-state index in [1.165, 1.54) is 44.2 Å². The van der Waals surface area contributed by atoms with Gasteiger partial charge in [0.2, 0.25) is 0 Å². The minimum Gasteiger partial charge on any atom is -0.330 e. The van der Waals surface area contributed by atoms with Gasteiger partial charge in [-0.25, -0.2) is 0 Å². The third-order valence-electron chi connectivity index (χ3n) is 4.83. The molecule has 114 valence electrons. The number of hydrogen-bond acceptors (Lipinski definition) is 2. The minimum absolute atomic E-state index is 0.234. The lowest BCUT2D eigenvalue weighted by molar-refractivity contribution is 0.246. The predicted molar refractivity (Wildman–Crippen MR) is 85.2 cm³/mol. The SMILES string of the molecule is CCc1nn(CC)c(CC2(CN)CCCCCC2)c1Cl. The lowest BCUT2D eigenvalue weighted by atomic mass is 9.76. The fourth-order valence-corrected chi connectivity index (χ4v) is 3.81. The minimum atomic E-state index is 0.234. The number of nitrogens with zero attached hydrogens (tertiary/aromatic N) is 2. The van der Waals surface area contributed by atoms with Crippen molar-refractivity contribution in [1.29, 1.82) is 0 Å². The third kappa shape index (κ3) is 3.20. The van der Waals surface area contributed by atoms with Crippen LogP contribution >= 0.6 is 11.6 Å². The van der Waals surface area contributed by atoms with Crippen LogP contribution in [0.25, 0.3) is 0 Å². The maximum Gasteiger partial charge on any atom is 0.0850 e. The fraction of sp³-hybridized carbons (Fsp3) is 0.812. The van der Waals surface area contributed by atoms with Crippen molar-refractivity contribution in [3.63, 3.8) is 0 Å². The van der Waals surface area contributed by atoms with Gasteiger partial charge < -0.3 is 5.73 Å². The number of aryl methyl sites for hydroxylation is 2. The molecule has 0 aromatic carbocycles. The highest BCUT2D eigenvalue weighted by molar-refractivity contribution is 6.31. The van der Waals surface area contributed by atoms with Gasteiger partial charge in [-0.1, -0.05) is 44.2 Å². The number of halogens is 1. The van der Waals surface area contributed by atoms with Crippen LogP contribution in [0.5, 0.6) is 0 Å². The van der Waals surface area contributed by atoms with E-state index in [9.17, 15) is 0 Å². The summed E-state index contributed by atoms with van der Waals surface area (Å²) in [5, 5.41) is 5.53. The van der Waals surface area contributed by atoms with Crippen LogP contribution in [0.2, 0.25) is 5.02 Å². The Morgan fingerprint density at radius 1 is 1.20 bits per heavy atom. The predicted octanol–water partition coefficient (Wildman–Crippen LogP) is 3.96. The van der Waals surface area contributed by atoms with Crippen LogP contribution in [-0.4, -0.2) is 16.3 Å². The molecule has 4 heteroatoms. The van der Waals surface area contributed by atoms with Gasteiger partial charge in [0.1, 0.15) is 0 Å². The van der Waals surface area contributed by atoms with Gasteiger partial charge in [0.15, 0.2) is 0 Å². The van der Waals surface area contributed by atoms with E-state index in [-0.39, 0.29) is 5.41 Å². The number of aromatic nitrogens is 2. The molecule has 2 rings (SSSR count). The van der Waals surface area contributed by atoms with Crippen LogP contribution < -0.4 is 5.73 Å². The number of nitrogens with two attached hydrogens (primary N) is 1. The monoisotopic (exact) mass is 297 g/mol. The topological polar surface area (TPSA) is 43.8 Å². The molecule has 0 aliphatic heterocycles. The molecule has 0 saturated heterocycles. The standard InChI is InChI=1S/C16H28ClN3/c1-3-13-15(17)14(20(4-2)19-13)11-16(12-18)9-7-5-6-8-10-16/h3-12,18H2,1-2H3. The van der Waals surface area contributed by atoms with Crippen molar-refractivity contribution in [3.8, 4) is 0 Å². The molecule has 0 amide bonds. The van der Waals surface area contributed by atoms with Crippen molar-refractivity contribution in [2.24, 2.45) is 11.1 Å². The molecule has 0 radical (unpaired) electrons. The van der Waals surface area contributed by atoms with E-state index in [1.54, 1.807) is 0 Å². The van der Waals surface area contributed by atoms with E-state index in [0.717, 1.165) is 36.6 Å². The van der Waals surface area contributed by atoms with E-state index in [4.69, 9.17) is 17.3 Å². The first kappa shape index (κ1) is 15.8. The Kier molecular flexibility index (Phi) is 5.50. The second-order valence-corrected chi connectivity index (χ2v) is 6.55. The molecule has 0 unspecified atom stereocenters. The largest absolute Gasteiger partial charge is 0.330 e. The summed E-state index contributed by atoms with van der Waals surface area (Å²) in [6.45, 7) is 5.90. The Bertz CT molecular complexity index is 431. The second-order valence-electron chi connectivity index (χ2n) is 6.17. The van der Waals surface area contributed by atoms with Gasteiger partial charge in [-0.15, -0.1) is 0 Å². The summed E-state index contributed by atoms with van der Waals surface area (Å²) in [4.78, 5) is 0. The highest BCUT2D eigenvalue weighted by atomic mass is 35.5. The second kappa shape index (κ2) is 6.95. The van der Waals surface area contributed by atoms with Crippen LogP contribution in [0.3, 0.4) is 0 Å². The zero-order valence-corrected chi connectivity index (χ0v) is 13.7. The first-order valence-corrected chi connectivity index (χ1v) is 8.47. The van der Waals surface area contributed by atoms with E-state index in [0.29, 0.717) is 0 Å². The summed E-state index contributed by atoms with van der Waals surface area (Å²) >= 11 is 6.56. The van der Waals surface area contributed by atoms with Crippen molar-refractivity contribution >= 4 is 11.6 Å². The summed E-state index contributed by atoms with van der Waals surface area (Å²) in [7, 11) is 0. The zero-order valence-electron chi connectivity index (χ0n) is 12.9. The van der Waals surface area contributed by atoms with Crippen LogP contribution in [0.1, 0.15) is 63.8 Å². The molecule has 1 aromatic rings. The van der Waals surface area contributed by atoms with E-state index >= 15 is 0 Å². The van der Waals surface area contributed by atoms with Gasteiger partial charge in [0, 0.05) is 6.54 Å². The lowest BCUT2D eigenvalue weighted by Gasteiger charge is -2.31. The first-order valence-electron chi connectivity index (χ1n) is 8.10. The summed E-state index contributed by atoms with van der Waals surface area (Å²) in [5.74, 6) is 0. The smallest absolute Gasteiger partial charge is 0.0850 e. The normalized spacial score (nSPS) is 19.0. The Balaban J connectivity index is 2.28. The van der Waals surface area contributed by atoms with Crippen molar-refractivity contribution < 1.29 is 0 Å². The number of hydrogen-bond donors (Lipinski definition) is 1. The number of rotatable bonds is 5. The lowest BCUT2D eigenvalue weighted by Crippen LogP contribution is -2.33. The van der Waals surface area contributed by atoms with Gasteiger partial charge in [0.25, 0.3) is 0 Å². The maximum atomic E-state index is 6.56. The summed E-state index contributed by atoms with van der Waals surface area (Å²) in [6.07, 6.45) is 9.65. The molecule has 1 aliphatic rings. The Morgan fingerprint density at radius 2 is 1.85 bits per heavy atom. The molecule has 20 heavy (non-hydrogen) atoms. The Hall–Kier alpha value is -0.540. The van der Waals surface area contributed by atoms with Gasteiger partial charge in [0.05, 0.1) is 16.4 Å². The van der Waals surface area contributed by atoms with Crippen LogP contribution in [0.15, 0.2) is 0 Å². The molecule has 2 N–H and O–H groups in total. The van der Waals surface area contributed by atoms with E-state index < -0.39 is 0 Å². The van der Waals surface area contributed by atoms with Gasteiger partial charge >= 0.3 is 0 Å². The first-order chi connectivity index (χ1) is 9.65. The van der Waals surface area contributed by atoms with Crippen molar-refractivity contribution in [3.05, 3.63) is 16.4 Å². The van der Waals surface area contributed by atoms with Crippen LogP contribution in [-0.2, 0) is 19.4 Å². The highest BCUT2D eigenvalue weighted by Gasteiger charge is 2.32. The molecule has 0 atom stereocenters. The maximum absolute atomic E-state index is 6.56. The molecule has 1 aliphatic carbocycles. The van der Waals surface area contributed by atoms with Crippen LogP contribution in [0, 0.1) is 5.41 Å². The van der Waals surface area contributed by atoms with Gasteiger partial charge in [-0.3, -0.25) is 4.68 Å². The third-order valence-corrected chi connectivity index (χ3v) is 5.27. The van der Waals surface area contributed by atoms with Gasteiger partial charge in [-0.05, 0) is 44.6 Å². The molecule has 0 bridgehead atoms. The Morgan fingerprint density at radius 3 is 2.35 bits per heavy atom. The average Bonchev–Trinajstić information content (AvgIpc) is 2.66. The quantitative estimate of drug-likeness (QED) is 0.836. The molecule has 1 fully saturated rings. The van der Waals surface area contributed by atoms with Crippen LogP contribution in [0.4, 0.5) is 0 Å². The molecular formula is C16H28ClN3. The van der Waals surface area contributed by atoms with Crippen molar-refractivity contribution in [1.82, 2.24) is 9.78 Å². The van der Waals surface area contributed by atoms with Crippen molar-refractivity contribution in [2.75, 3.05) is 6.54 Å². The summed E-state index contributed by atoms with van der Waals surface area (Å²) < 4.78 is 2.09. The summed E-state index contributed by atoms with van der Waals surface area (Å²) in [5.41, 5.74) is 8.64. The van der Waals surface area contributed by atoms with E-state index in [1.807, 2.05) is 0 Å². The molecule has 1 aromatic heterocycles. The molecule has 3 nitrogen and oxygen atoms in total. The molecule has 1 saturated carbocycles. The fourth-order valence-electron chi connectivity index (χ4n) is 3.47. The molecular weight excluding hydrogens is 270 g/mol. The molecule has 0 spiro atoms. The zero-order chi connectivity index (χ0) is 14.6. The average molecular weight is 298 g/mol. The molecule has 1 heterocycles. The van der Waals surface area contributed by atoms with E-state index in [2.05, 4.69) is 23.6 Å². The Labute approximate surface area is 127 Å². The van der Waals surface area contributed by atoms with Gasteiger partial charge in [-0.2, -0.15) is 5.10 Å². The van der Waals surface area contributed by atoms with Crippen molar-refractivity contribution in [2.45, 2.75) is 71.8 Å². The summed E-state index contributed by atoms with van der Waals surface area (Å²) in [6, 6.07) is 0. The highest BCUT2D eigenvalue weighted by Crippen LogP contribution is 2.39.